The van der Waals surface area contributed by atoms with Gasteiger partial charge < -0.3 is 20.3 Å². The predicted octanol–water partition coefficient (Wildman–Crippen LogP) is 3.15. The summed E-state index contributed by atoms with van der Waals surface area (Å²) in [7, 11) is 0. The summed E-state index contributed by atoms with van der Waals surface area (Å²) in [5.41, 5.74) is 0.638. The van der Waals surface area contributed by atoms with Gasteiger partial charge in [0.25, 0.3) is 0 Å². The van der Waals surface area contributed by atoms with Gasteiger partial charge in [0.15, 0.2) is 0 Å². The number of nitrogens with one attached hydrogen (secondary N) is 2. The highest BCUT2D eigenvalue weighted by molar-refractivity contribution is 7.09. The minimum atomic E-state index is -0.868. The van der Waals surface area contributed by atoms with Gasteiger partial charge in [0.05, 0.1) is 13.1 Å². The molecule has 9 heteroatoms. The Morgan fingerprint density at radius 2 is 1.90 bits per heavy atom. The second-order valence-electron chi connectivity index (χ2n) is 6.81. The first-order valence-corrected chi connectivity index (χ1v) is 11.3. The first kappa shape index (κ1) is 24.8. The molecule has 0 bridgehead atoms. The number of hydrogen-bond acceptors (Lipinski definition) is 5. The van der Waals surface area contributed by atoms with Crippen LogP contribution < -0.4 is 10.6 Å². The van der Waals surface area contributed by atoms with Crippen LogP contribution in [0, 0.1) is 0 Å². The molecule has 31 heavy (non-hydrogen) atoms. The van der Waals surface area contributed by atoms with Crippen molar-refractivity contribution in [2.24, 2.45) is 0 Å². The summed E-state index contributed by atoms with van der Waals surface area (Å²) in [6.07, 6.45) is 0.664. The highest BCUT2D eigenvalue weighted by atomic mass is 35.5. The fourth-order valence-electron chi connectivity index (χ4n) is 2.94. The van der Waals surface area contributed by atoms with Crippen molar-refractivity contribution in [2.45, 2.75) is 32.9 Å². The van der Waals surface area contributed by atoms with E-state index in [4.69, 9.17) is 16.3 Å². The molecule has 2 rings (SSSR count). The molecule has 1 atom stereocenters. The summed E-state index contributed by atoms with van der Waals surface area (Å²) in [6, 6.07) is 9.78. The van der Waals surface area contributed by atoms with Crippen LogP contribution in [0.5, 0.6) is 0 Å². The molecule has 0 radical (unpaired) electrons. The zero-order valence-electron chi connectivity index (χ0n) is 17.7. The standard InChI is InChI=1S/C22H28ClN3O4S/c1-3-30-12-5-11-24-22(29)21(17-7-9-18(23)10-8-17)26(15-19-6-4-13-31-19)20(28)14-25-16(2)27/h4,6-10,13,21H,3,5,11-12,14-15H2,1-2H3,(H,24,29)(H,25,27)/t21-/m0/s1. The van der Waals surface area contributed by atoms with Crippen LogP contribution in [0.3, 0.4) is 0 Å². The number of amides is 3. The third-order valence-corrected chi connectivity index (χ3v) is 5.54. The summed E-state index contributed by atoms with van der Waals surface area (Å²) >= 11 is 7.53. The van der Waals surface area contributed by atoms with Crippen LogP contribution in [-0.2, 0) is 25.7 Å². The number of carbonyl (C=O) groups excluding carboxylic acids is 3. The Morgan fingerprint density at radius 3 is 2.52 bits per heavy atom. The molecule has 2 N–H and O–H groups in total. The van der Waals surface area contributed by atoms with Crippen LogP contribution in [0.2, 0.25) is 5.02 Å². The lowest BCUT2D eigenvalue weighted by atomic mass is 10.0. The van der Waals surface area contributed by atoms with E-state index in [0.29, 0.717) is 36.8 Å². The molecule has 1 aromatic carbocycles. The minimum absolute atomic E-state index is 0.192. The molecule has 0 saturated heterocycles. The summed E-state index contributed by atoms with van der Waals surface area (Å²) in [4.78, 5) is 40.0. The highest BCUT2D eigenvalue weighted by Gasteiger charge is 2.31. The molecule has 0 fully saturated rings. The Balaban J connectivity index is 2.29. The monoisotopic (exact) mass is 465 g/mol. The number of benzene rings is 1. The molecular formula is C22H28ClN3O4S. The van der Waals surface area contributed by atoms with E-state index in [9.17, 15) is 14.4 Å². The third kappa shape index (κ3) is 8.32. The van der Waals surface area contributed by atoms with Gasteiger partial charge in [-0.1, -0.05) is 29.8 Å². The summed E-state index contributed by atoms with van der Waals surface area (Å²) in [5.74, 6) is -0.965. The highest BCUT2D eigenvalue weighted by Crippen LogP contribution is 2.26. The maximum atomic E-state index is 13.2. The fourth-order valence-corrected chi connectivity index (χ4v) is 3.77. The second-order valence-corrected chi connectivity index (χ2v) is 8.28. The van der Waals surface area contributed by atoms with Gasteiger partial charge >= 0.3 is 0 Å². The van der Waals surface area contributed by atoms with Crippen LogP contribution in [0.1, 0.15) is 36.8 Å². The molecule has 168 valence electrons. The van der Waals surface area contributed by atoms with Gasteiger partial charge in [-0.15, -0.1) is 11.3 Å². The largest absolute Gasteiger partial charge is 0.382 e. The average Bonchev–Trinajstić information content (AvgIpc) is 3.26. The van der Waals surface area contributed by atoms with Crippen LogP contribution in [0.25, 0.3) is 0 Å². The Kier molecular flexibility index (Phi) is 10.5. The summed E-state index contributed by atoms with van der Waals surface area (Å²) < 4.78 is 5.31. The smallest absolute Gasteiger partial charge is 0.247 e. The molecule has 0 aliphatic rings. The molecule has 2 aromatic rings. The van der Waals surface area contributed by atoms with Gasteiger partial charge in [0.1, 0.15) is 6.04 Å². The van der Waals surface area contributed by atoms with Crippen molar-refractivity contribution in [1.29, 1.82) is 0 Å². The summed E-state index contributed by atoms with van der Waals surface area (Å²) in [6.45, 7) is 4.90. The lowest BCUT2D eigenvalue weighted by Crippen LogP contribution is -2.46. The quantitative estimate of drug-likeness (QED) is 0.471. The fraction of sp³-hybridized carbons (Fsp3) is 0.409. The van der Waals surface area contributed by atoms with E-state index >= 15 is 0 Å². The van der Waals surface area contributed by atoms with Gasteiger partial charge in [-0.05, 0) is 42.5 Å². The van der Waals surface area contributed by atoms with Gasteiger partial charge in [0.2, 0.25) is 17.7 Å². The number of thiophene rings is 1. The van der Waals surface area contributed by atoms with Gasteiger partial charge in [-0.2, -0.15) is 0 Å². The molecule has 1 heterocycles. The average molecular weight is 466 g/mol. The van der Waals surface area contributed by atoms with Crippen molar-refractivity contribution in [1.82, 2.24) is 15.5 Å². The number of nitrogens with zero attached hydrogens (tertiary/aromatic N) is 1. The Hall–Kier alpha value is -2.42. The Labute approximate surface area is 191 Å². The van der Waals surface area contributed by atoms with Gasteiger partial charge in [-0.25, -0.2) is 0 Å². The van der Waals surface area contributed by atoms with E-state index in [1.165, 1.54) is 23.2 Å². The predicted molar refractivity (Wildman–Crippen MR) is 122 cm³/mol. The van der Waals surface area contributed by atoms with Crippen LogP contribution in [0.15, 0.2) is 41.8 Å². The third-order valence-electron chi connectivity index (χ3n) is 4.43. The first-order chi connectivity index (χ1) is 14.9. The van der Waals surface area contributed by atoms with Crippen LogP contribution in [-0.4, -0.2) is 48.9 Å². The number of ether oxygens (including phenoxy) is 1. The zero-order chi connectivity index (χ0) is 22.6. The van der Waals surface area contributed by atoms with Crippen molar-refractivity contribution < 1.29 is 19.1 Å². The minimum Gasteiger partial charge on any atom is -0.382 e. The molecule has 0 unspecified atom stereocenters. The molecule has 3 amide bonds. The SMILES string of the molecule is CCOCCCNC(=O)[C@H](c1ccc(Cl)cc1)N(Cc1cccs1)C(=O)CNC(C)=O. The van der Waals surface area contributed by atoms with Crippen molar-refractivity contribution in [2.75, 3.05) is 26.3 Å². The lowest BCUT2D eigenvalue weighted by Gasteiger charge is -2.31. The zero-order valence-corrected chi connectivity index (χ0v) is 19.3. The van der Waals surface area contributed by atoms with E-state index < -0.39 is 6.04 Å². The van der Waals surface area contributed by atoms with Crippen LogP contribution >= 0.6 is 22.9 Å². The van der Waals surface area contributed by atoms with Crippen molar-refractivity contribution >= 4 is 40.7 Å². The van der Waals surface area contributed by atoms with Crippen LogP contribution in [0.4, 0.5) is 0 Å². The van der Waals surface area contributed by atoms with E-state index in [1.54, 1.807) is 24.3 Å². The van der Waals surface area contributed by atoms with E-state index in [1.807, 2.05) is 24.4 Å². The molecule has 0 saturated carbocycles. The molecule has 7 nitrogen and oxygen atoms in total. The maximum Gasteiger partial charge on any atom is 0.247 e. The Bertz CT molecular complexity index is 843. The number of carbonyl (C=O) groups is 3. The second kappa shape index (κ2) is 13.1. The van der Waals surface area contributed by atoms with Crippen molar-refractivity contribution in [3.8, 4) is 0 Å². The topological polar surface area (TPSA) is 87.7 Å². The number of halogens is 1. The Morgan fingerprint density at radius 1 is 1.16 bits per heavy atom. The molecule has 0 aliphatic heterocycles. The normalized spacial score (nSPS) is 11.6. The van der Waals surface area contributed by atoms with Gasteiger partial charge in [-0.3, -0.25) is 14.4 Å². The summed E-state index contributed by atoms with van der Waals surface area (Å²) in [5, 5.41) is 7.88. The molecule has 1 aromatic heterocycles. The maximum absolute atomic E-state index is 13.2. The van der Waals surface area contributed by atoms with E-state index in [2.05, 4.69) is 10.6 Å². The number of rotatable bonds is 12. The van der Waals surface area contributed by atoms with Crippen molar-refractivity contribution in [3.05, 3.63) is 57.2 Å². The first-order valence-electron chi connectivity index (χ1n) is 10.1. The van der Waals surface area contributed by atoms with Gasteiger partial charge in [0, 0.05) is 36.6 Å². The van der Waals surface area contributed by atoms with E-state index in [0.717, 1.165) is 4.88 Å². The lowest BCUT2D eigenvalue weighted by molar-refractivity contribution is -0.141. The molecular weight excluding hydrogens is 438 g/mol. The number of hydrogen-bond donors (Lipinski definition) is 2. The van der Waals surface area contributed by atoms with E-state index in [-0.39, 0.29) is 30.8 Å². The molecule has 0 aliphatic carbocycles. The molecule has 0 spiro atoms. The van der Waals surface area contributed by atoms with Crippen molar-refractivity contribution in [3.63, 3.8) is 0 Å².